The summed E-state index contributed by atoms with van der Waals surface area (Å²) in [6, 6.07) is 11.3. The van der Waals surface area contributed by atoms with E-state index < -0.39 is 6.03 Å². The molecule has 1 aliphatic rings. The number of carbonyl (C=O) groups is 4. The summed E-state index contributed by atoms with van der Waals surface area (Å²) in [5.41, 5.74) is 1.99. The van der Waals surface area contributed by atoms with Gasteiger partial charge in [0.05, 0.1) is 11.1 Å². The first-order valence-electron chi connectivity index (χ1n) is 8.93. The van der Waals surface area contributed by atoms with Gasteiger partial charge in [-0.2, -0.15) is 0 Å². The number of amides is 5. The van der Waals surface area contributed by atoms with E-state index in [1.54, 1.807) is 42.5 Å². The van der Waals surface area contributed by atoms with E-state index in [2.05, 4.69) is 31.9 Å². The summed E-state index contributed by atoms with van der Waals surface area (Å²) < 4.78 is 0.739. The minimum absolute atomic E-state index is 0.172. The number of rotatable bonds is 6. The lowest BCUT2D eigenvalue weighted by atomic mass is 10.1. The molecule has 1 heterocycles. The first kappa shape index (κ1) is 20.5. The molecule has 5 amide bonds. The number of halogens is 1. The Morgan fingerprint density at radius 2 is 1.55 bits per heavy atom. The topological polar surface area (TPSA) is 108 Å². The number of fused-ring (bicyclic) bond motifs is 1. The van der Waals surface area contributed by atoms with Crippen LogP contribution in [0.2, 0.25) is 0 Å². The van der Waals surface area contributed by atoms with Gasteiger partial charge in [0, 0.05) is 35.9 Å². The fourth-order valence-corrected chi connectivity index (χ4v) is 3.28. The summed E-state index contributed by atoms with van der Waals surface area (Å²) >= 11 is 3.30. The van der Waals surface area contributed by atoms with Crippen LogP contribution in [0.4, 0.5) is 16.2 Å². The molecule has 9 heteroatoms. The summed E-state index contributed by atoms with van der Waals surface area (Å²) in [5.74, 6) is -0.814. The van der Waals surface area contributed by atoms with Crippen molar-refractivity contribution < 1.29 is 19.2 Å². The molecule has 0 radical (unpaired) electrons. The van der Waals surface area contributed by atoms with Gasteiger partial charge in [0.2, 0.25) is 5.91 Å². The van der Waals surface area contributed by atoms with E-state index in [-0.39, 0.29) is 24.3 Å². The smallest absolute Gasteiger partial charge is 0.319 e. The third-order valence-corrected chi connectivity index (χ3v) is 4.73. The van der Waals surface area contributed by atoms with Crippen LogP contribution in [0, 0.1) is 0 Å². The molecule has 3 N–H and O–H groups in total. The van der Waals surface area contributed by atoms with E-state index in [0.29, 0.717) is 35.5 Å². The highest BCUT2D eigenvalue weighted by Gasteiger charge is 2.34. The van der Waals surface area contributed by atoms with Gasteiger partial charge >= 0.3 is 6.03 Å². The first-order valence-corrected chi connectivity index (χ1v) is 9.72. The second-order valence-corrected chi connectivity index (χ2v) is 7.36. The zero-order chi connectivity index (χ0) is 21.0. The van der Waals surface area contributed by atoms with Crippen molar-refractivity contribution >= 4 is 51.1 Å². The molecule has 3 rings (SSSR count). The van der Waals surface area contributed by atoms with Gasteiger partial charge in [-0.3, -0.25) is 19.3 Å². The third-order valence-electron chi connectivity index (χ3n) is 4.24. The molecular formula is C20H19BrN4O4. The van der Waals surface area contributed by atoms with E-state index in [1.807, 2.05) is 0 Å². The van der Waals surface area contributed by atoms with Crippen LogP contribution in [0.3, 0.4) is 0 Å². The summed E-state index contributed by atoms with van der Waals surface area (Å²) in [7, 11) is 0. The molecule has 0 unspecified atom stereocenters. The third kappa shape index (κ3) is 5.00. The summed E-state index contributed by atoms with van der Waals surface area (Å²) in [5, 5.41) is 8.00. The Hall–Kier alpha value is -3.20. The quantitative estimate of drug-likeness (QED) is 0.456. The van der Waals surface area contributed by atoms with Crippen LogP contribution in [0.25, 0.3) is 0 Å². The molecule has 0 fully saturated rings. The van der Waals surface area contributed by atoms with Crippen molar-refractivity contribution in [2.24, 2.45) is 0 Å². The largest absolute Gasteiger partial charge is 0.338 e. The second kappa shape index (κ2) is 8.87. The maximum Gasteiger partial charge on any atom is 0.319 e. The fourth-order valence-electron chi connectivity index (χ4n) is 2.92. The molecule has 0 saturated heterocycles. The summed E-state index contributed by atoms with van der Waals surface area (Å²) in [6.07, 6.45) is 0.432. The van der Waals surface area contributed by atoms with Crippen molar-refractivity contribution in [3.05, 3.63) is 58.1 Å². The van der Waals surface area contributed by atoms with Gasteiger partial charge < -0.3 is 16.0 Å². The molecule has 0 bridgehead atoms. The Morgan fingerprint density at radius 3 is 2.21 bits per heavy atom. The van der Waals surface area contributed by atoms with Gasteiger partial charge in [-0.05, 0) is 48.9 Å². The second-order valence-electron chi connectivity index (χ2n) is 6.44. The lowest BCUT2D eigenvalue weighted by molar-refractivity contribution is -0.114. The van der Waals surface area contributed by atoms with Crippen LogP contribution in [-0.2, 0) is 4.79 Å². The Balaban J connectivity index is 1.44. The lowest BCUT2D eigenvalue weighted by Crippen LogP contribution is -2.35. The molecule has 29 heavy (non-hydrogen) atoms. The van der Waals surface area contributed by atoms with Crippen LogP contribution >= 0.6 is 15.9 Å². The van der Waals surface area contributed by atoms with E-state index in [1.165, 1.54) is 11.8 Å². The van der Waals surface area contributed by atoms with Crippen molar-refractivity contribution in [1.29, 1.82) is 0 Å². The van der Waals surface area contributed by atoms with Crippen molar-refractivity contribution in [3.63, 3.8) is 0 Å². The molecule has 1 aliphatic heterocycles. The maximum atomic E-state index is 12.4. The molecule has 2 aromatic carbocycles. The van der Waals surface area contributed by atoms with Crippen LogP contribution in [0.5, 0.6) is 0 Å². The Labute approximate surface area is 175 Å². The van der Waals surface area contributed by atoms with Crippen LogP contribution in [0.15, 0.2) is 46.9 Å². The van der Waals surface area contributed by atoms with Gasteiger partial charge in [-0.25, -0.2) is 4.79 Å². The Bertz CT molecular complexity index is 975. The number of nitrogens with one attached hydrogen (secondary N) is 3. The lowest BCUT2D eigenvalue weighted by Gasteiger charge is -2.14. The van der Waals surface area contributed by atoms with Crippen molar-refractivity contribution in [1.82, 2.24) is 10.2 Å². The molecule has 0 aromatic heterocycles. The predicted molar refractivity (Wildman–Crippen MR) is 112 cm³/mol. The number of carbonyl (C=O) groups excluding carboxylic acids is 4. The monoisotopic (exact) mass is 458 g/mol. The molecule has 0 atom stereocenters. The van der Waals surface area contributed by atoms with Crippen molar-refractivity contribution in [2.75, 3.05) is 23.7 Å². The average molecular weight is 459 g/mol. The van der Waals surface area contributed by atoms with Gasteiger partial charge in [-0.1, -0.05) is 15.9 Å². The minimum Gasteiger partial charge on any atom is -0.338 e. The summed E-state index contributed by atoms with van der Waals surface area (Å²) in [4.78, 5) is 48.9. The molecule has 0 spiro atoms. The highest BCUT2D eigenvalue weighted by Crippen LogP contribution is 2.26. The van der Waals surface area contributed by atoms with E-state index in [4.69, 9.17) is 0 Å². The van der Waals surface area contributed by atoms with Crippen molar-refractivity contribution in [3.8, 4) is 0 Å². The zero-order valence-corrected chi connectivity index (χ0v) is 17.2. The fraction of sp³-hybridized carbons (Fsp3) is 0.200. The predicted octanol–water partition coefficient (Wildman–Crippen LogP) is 3.22. The van der Waals surface area contributed by atoms with E-state index in [9.17, 15) is 19.2 Å². The van der Waals surface area contributed by atoms with Crippen LogP contribution in [0.1, 0.15) is 34.1 Å². The maximum absolute atomic E-state index is 12.4. The molecule has 0 saturated carbocycles. The molecular weight excluding hydrogens is 440 g/mol. The highest BCUT2D eigenvalue weighted by molar-refractivity contribution is 9.10. The minimum atomic E-state index is -0.399. The van der Waals surface area contributed by atoms with Crippen LogP contribution in [-0.4, -0.2) is 41.7 Å². The summed E-state index contributed by atoms with van der Waals surface area (Å²) in [6.45, 7) is 1.93. The number of anilines is 2. The van der Waals surface area contributed by atoms with Crippen LogP contribution < -0.4 is 16.0 Å². The number of imide groups is 1. The van der Waals surface area contributed by atoms with Gasteiger partial charge in [0.1, 0.15) is 0 Å². The Kier molecular flexibility index (Phi) is 6.28. The van der Waals surface area contributed by atoms with Gasteiger partial charge in [0.15, 0.2) is 0 Å². The standard InChI is InChI=1S/C20H19BrN4O4/c1-12(26)23-14-4-6-15(7-5-14)24-20(29)22-9-2-10-25-18(27)16-8-3-13(21)11-17(16)19(25)28/h3-8,11H,2,9-10H2,1H3,(H,23,26)(H2,22,24,29). The van der Waals surface area contributed by atoms with Gasteiger partial charge in [-0.15, -0.1) is 0 Å². The Morgan fingerprint density at radius 1 is 0.931 bits per heavy atom. The number of hydrogen-bond donors (Lipinski definition) is 3. The normalized spacial score (nSPS) is 12.6. The number of hydrogen-bond acceptors (Lipinski definition) is 4. The molecule has 8 nitrogen and oxygen atoms in total. The first-order chi connectivity index (χ1) is 13.8. The average Bonchev–Trinajstić information content (AvgIpc) is 2.90. The molecule has 150 valence electrons. The number of nitrogens with zero attached hydrogens (tertiary/aromatic N) is 1. The number of urea groups is 1. The SMILES string of the molecule is CC(=O)Nc1ccc(NC(=O)NCCCN2C(=O)c3ccc(Br)cc3C2=O)cc1. The number of benzene rings is 2. The molecule has 0 aliphatic carbocycles. The van der Waals surface area contributed by atoms with Crippen molar-refractivity contribution in [2.45, 2.75) is 13.3 Å². The molecule has 2 aromatic rings. The highest BCUT2D eigenvalue weighted by atomic mass is 79.9. The van der Waals surface area contributed by atoms with E-state index >= 15 is 0 Å². The van der Waals surface area contributed by atoms with E-state index in [0.717, 1.165) is 4.47 Å². The zero-order valence-electron chi connectivity index (χ0n) is 15.6. The van der Waals surface area contributed by atoms with Gasteiger partial charge in [0.25, 0.3) is 11.8 Å².